The van der Waals surface area contributed by atoms with Crippen molar-refractivity contribution in [2.24, 2.45) is 0 Å². The van der Waals surface area contributed by atoms with Crippen molar-refractivity contribution < 1.29 is 24.0 Å². The summed E-state index contributed by atoms with van der Waals surface area (Å²) < 4.78 is 10.7. The van der Waals surface area contributed by atoms with Crippen LogP contribution in [0.15, 0.2) is 71.3 Å². The fourth-order valence-corrected chi connectivity index (χ4v) is 3.32. The molecule has 0 aliphatic carbocycles. The van der Waals surface area contributed by atoms with E-state index in [1.54, 1.807) is 31.2 Å². The fourth-order valence-electron chi connectivity index (χ4n) is 3.32. The van der Waals surface area contributed by atoms with E-state index in [2.05, 4.69) is 15.5 Å². The maximum absolute atomic E-state index is 12.4. The lowest BCUT2D eigenvalue weighted by Crippen LogP contribution is -2.14. The first-order chi connectivity index (χ1) is 15.9. The second kappa shape index (κ2) is 9.35. The molecule has 8 nitrogen and oxygen atoms in total. The van der Waals surface area contributed by atoms with Crippen molar-refractivity contribution in [2.45, 2.75) is 20.5 Å². The Labute approximate surface area is 189 Å². The molecule has 4 aromatic rings. The van der Waals surface area contributed by atoms with E-state index in [1.165, 1.54) is 0 Å². The first-order valence-electron chi connectivity index (χ1n) is 10.2. The lowest BCUT2D eigenvalue weighted by atomic mass is 10.0. The Bertz CT molecular complexity index is 1310. The first kappa shape index (κ1) is 21.8. The summed E-state index contributed by atoms with van der Waals surface area (Å²) in [7, 11) is 0. The Hall–Kier alpha value is -4.46. The molecule has 0 aliphatic heterocycles. The van der Waals surface area contributed by atoms with Crippen molar-refractivity contribution in [3.8, 4) is 22.5 Å². The molecular weight excluding hydrogens is 422 g/mol. The Kier molecular flexibility index (Phi) is 6.17. The van der Waals surface area contributed by atoms with E-state index >= 15 is 0 Å². The van der Waals surface area contributed by atoms with Gasteiger partial charge in [-0.2, -0.15) is 0 Å². The van der Waals surface area contributed by atoms with Gasteiger partial charge >= 0.3 is 12.1 Å². The summed E-state index contributed by atoms with van der Waals surface area (Å²) in [5.74, 6) is -0.588. The van der Waals surface area contributed by atoms with Gasteiger partial charge in [-0.3, -0.25) is 10.3 Å². The average Bonchev–Trinajstić information content (AvgIpc) is 3.18. The molecule has 0 bridgehead atoms. The van der Waals surface area contributed by atoms with Crippen molar-refractivity contribution in [1.82, 2.24) is 10.1 Å². The lowest BCUT2D eigenvalue weighted by Gasteiger charge is -2.08. The minimum Gasteiger partial charge on any atom is -0.478 e. The van der Waals surface area contributed by atoms with Gasteiger partial charge in [0.15, 0.2) is 5.76 Å². The number of benzene rings is 2. The van der Waals surface area contributed by atoms with Gasteiger partial charge < -0.3 is 14.4 Å². The molecule has 2 N–H and O–H groups in total. The van der Waals surface area contributed by atoms with Crippen LogP contribution in [0, 0.1) is 13.8 Å². The van der Waals surface area contributed by atoms with E-state index in [9.17, 15) is 14.7 Å². The largest absolute Gasteiger partial charge is 0.478 e. The molecular formula is C25H21N3O5. The molecule has 0 aliphatic rings. The normalized spacial score (nSPS) is 10.6. The standard InChI is InChI=1S/C25H21N3O5/c1-15-5-3-8-21(26-15)14-32-25(31)27-22-16(2)28-33-23(22)18-11-9-17(10-12-18)19-6-4-7-20(13-19)24(29)30/h3-13H,14H2,1-2H3,(H,27,31)(H,29,30). The van der Waals surface area contributed by atoms with Crippen LogP contribution >= 0.6 is 0 Å². The van der Waals surface area contributed by atoms with Crippen molar-refractivity contribution >= 4 is 17.7 Å². The van der Waals surface area contributed by atoms with E-state index in [4.69, 9.17) is 9.26 Å². The maximum Gasteiger partial charge on any atom is 0.412 e. The van der Waals surface area contributed by atoms with E-state index in [0.717, 1.165) is 16.8 Å². The number of anilines is 1. The molecule has 33 heavy (non-hydrogen) atoms. The molecule has 4 rings (SSSR count). The highest BCUT2D eigenvalue weighted by Crippen LogP contribution is 2.32. The van der Waals surface area contributed by atoms with Crippen LogP contribution in [0.5, 0.6) is 0 Å². The smallest absolute Gasteiger partial charge is 0.412 e. The number of aryl methyl sites for hydroxylation is 2. The lowest BCUT2D eigenvalue weighted by molar-refractivity contribution is 0.0697. The van der Waals surface area contributed by atoms with Gasteiger partial charge in [-0.15, -0.1) is 0 Å². The van der Waals surface area contributed by atoms with Crippen LogP contribution in [0.25, 0.3) is 22.5 Å². The molecule has 0 spiro atoms. The highest BCUT2D eigenvalue weighted by molar-refractivity contribution is 5.91. The number of pyridine rings is 1. The van der Waals surface area contributed by atoms with Gasteiger partial charge in [0.1, 0.15) is 18.0 Å². The van der Waals surface area contributed by atoms with E-state index in [1.807, 2.05) is 49.4 Å². The predicted octanol–water partition coefficient (Wildman–Crippen LogP) is 5.47. The molecule has 1 amide bonds. The SMILES string of the molecule is Cc1cccc(COC(=O)Nc2c(C)noc2-c2ccc(-c3cccc(C(=O)O)c3)cc2)n1. The summed E-state index contributed by atoms with van der Waals surface area (Å²) >= 11 is 0. The molecule has 2 heterocycles. The van der Waals surface area contributed by atoms with Gasteiger partial charge in [-0.1, -0.05) is 47.6 Å². The zero-order valence-electron chi connectivity index (χ0n) is 18.0. The fraction of sp³-hybridized carbons (Fsp3) is 0.120. The summed E-state index contributed by atoms with van der Waals surface area (Å²) in [5.41, 5.74) is 4.95. The van der Waals surface area contributed by atoms with Crippen molar-refractivity contribution in [1.29, 1.82) is 0 Å². The number of aromatic carboxylic acids is 1. The number of carboxylic acids is 1. The van der Waals surface area contributed by atoms with E-state index in [0.29, 0.717) is 28.4 Å². The van der Waals surface area contributed by atoms with Crippen LogP contribution in [0.1, 0.15) is 27.4 Å². The Morgan fingerprint density at radius 3 is 2.42 bits per heavy atom. The van der Waals surface area contributed by atoms with Crippen LogP contribution in [0.3, 0.4) is 0 Å². The molecule has 0 saturated carbocycles. The van der Waals surface area contributed by atoms with Gasteiger partial charge in [0.05, 0.1) is 11.3 Å². The number of aromatic nitrogens is 2. The van der Waals surface area contributed by atoms with Gasteiger partial charge in [0, 0.05) is 11.3 Å². The summed E-state index contributed by atoms with van der Waals surface area (Å²) in [6.45, 7) is 3.62. The quantitative estimate of drug-likeness (QED) is 0.406. The number of hydrogen-bond donors (Lipinski definition) is 2. The number of carbonyl (C=O) groups is 2. The number of rotatable bonds is 6. The zero-order valence-corrected chi connectivity index (χ0v) is 18.0. The minimum absolute atomic E-state index is 0.0390. The molecule has 0 radical (unpaired) electrons. The third-order valence-corrected chi connectivity index (χ3v) is 4.98. The molecule has 0 fully saturated rings. The maximum atomic E-state index is 12.4. The highest BCUT2D eigenvalue weighted by Gasteiger charge is 2.18. The number of carbonyl (C=O) groups excluding carboxylic acids is 1. The van der Waals surface area contributed by atoms with Gasteiger partial charge in [0.2, 0.25) is 0 Å². The van der Waals surface area contributed by atoms with E-state index in [-0.39, 0.29) is 12.2 Å². The molecule has 2 aromatic carbocycles. The van der Waals surface area contributed by atoms with Crippen molar-refractivity contribution in [2.75, 3.05) is 5.32 Å². The number of nitrogens with one attached hydrogen (secondary N) is 1. The highest BCUT2D eigenvalue weighted by atomic mass is 16.5. The number of hydrogen-bond acceptors (Lipinski definition) is 6. The Morgan fingerprint density at radius 2 is 1.70 bits per heavy atom. The molecule has 8 heteroatoms. The number of carboxylic acid groups (broad SMARTS) is 1. The van der Waals surface area contributed by atoms with Crippen LogP contribution in [0.4, 0.5) is 10.5 Å². The molecule has 2 aromatic heterocycles. The Morgan fingerprint density at radius 1 is 0.970 bits per heavy atom. The van der Waals surface area contributed by atoms with Crippen LogP contribution in [0.2, 0.25) is 0 Å². The van der Waals surface area contributed by atoms with Crippen LogP contribution in [-0.2, 0) is 11.3 Å². The average molecular weight is 443 g/mol. The summed E-state index contributed by atoms with van der Waals surface area (Å²) in [6.07, 6.45) is -0.645. The topological polar surface area (TPSA) is 115 Å². The Balaban J connectivity index is 1.49. The third kappa shape index (κ3) is 5.07. The third-order valence-electron chi connectivity index (χ3n) is 4.98. The molecule has 166 valence electrons. The van der Waals surface area contributed by atoms with E-state index < -0.39 is 12.1 Å². The first-order valence-corrected chi connectivity index (χ1v) is 10.2. The second-order valence-electron chi connectivity index (χ2n) is 7.41. The monoisotopic (exact) mass is 443 g/mol. The van der Waals surface area contributed by atoms with Gasteiger partial charge in [0.25, 0.3) is 0 Å². The molecule has 0 atom stereocenters. The zero-order chi connectivity index (χ0) is 23.4. The van der Waals surface area contributed by atoms with Crippen LogP contribution in [-0.4, -0.2) is 27.3 Å². The molecule has 0 saturated heterocycles. The van der Waals surface area contributed by atoms with Crippen molar-refractivity contribution in [3.05, 3.63) is 89.4 Å². The number of nitrogens with zero attached hydrogens (tertiary/aromatic N) is 2. The molecule has 0 unspecified atom stereocenters. The van der Waals surface area contributed by atoms with Gasteiger partial charge in [-0.25, -0.2) is 9.59 Å². The summed E-state index contributed by atoms with van der Waals surface area (Å²) in [4.78, 5) is 27.9. The van der Waals surface area contributed by atoms with Gasteiger partial charge in [-0.05, 0) is 49.2 Å². The number of amides is 1. The minimum atomic E-state index is -0.980. The summed E-state index contributed by atoms with van der Waals surface area (Å²) in [6, 6.07) is 19.5. The summed E-state index contributed by atoms with van der Waals surface area (Å²) in [5, 5.41) is 15.9. The van der Waals surface area contributed by atoms with Crippen LogP contribution < -0.4 is 5.32 Å². The second-order valence-corrected chi connectivity index (χ2v) is 7.41. The number of ether oxygens (including phenoxy) is 1. The van der Waals surface area contributed by atoms with Crippen molar-refractivity contribution in [3.63, 3.8) is 0 Å². The predicted molar refractivity (Wildman–Crippen MR) is 122 cm³/mol.